The van der Waals surface area contributed by atoms with E-state index in [-0.39, 0.29) is 18.0 Å². The highest BCUT2D eigenvalue weighted by Crippen LogP contribution is 2.21. The van der Waals surface area contributed by atoms with Gasteiger partial charge in [-0.25, -0.2) is 13.1 Å². The summed E-state index contributed by atoms with van der Waals surface area (Å²) in [6.07, 6.45) is 4.98. The van der Waals surface area contributed by atoms with Crippen LogP contribution in [0.1, 0.15) is 25.7 Å². The van der Waals surface area contributed by atoms with Crippen molar-refractivity contribution in [3.8, 4) is 0 Å². The Labute approximate surface area is 131 Å². The normalized spacial score (nSPS) is 27.6. The minimum absolute atomic E-state index is 0.0767. The summed E-state index contributed by atoms with van der Waals surface area (Å²) < 4.78 is 24.8. The van der Waals surface area contributed by atoms with Gasteiger partial charge in [0.05, 0.1) is 12.3 Å². The predicted octanol–water partition coefficient (Wildman–Crippen LogP) is 0.0118. The first-order chi connectivity index (χ1) is 9.97. The molecule has 8 heteroatoms. The lowest BCUT2D eigenvalue weighted by molar-refractivity contribution is -0.136. The van der Waals surface area contributed by atoms with Crippen LogP contribution in [0.3, 0.4) is 0 Å². The summed E-state index contributed by atoms with van der Waals surface area (Å²) in [6.45, 7) is 2.08. The lowest BCUT2D eigenvalue weighted by Gasteiger charge is -2.38. The second-order valence-corrected chi connectivity index (χ2v) is 8.70. The maximum atomic E-state index is 12.6. The molecule has 0 bridgehead atoms. The van der Waals surface area contributed by atoms with Crippen LogP contribution in [0, 0.1) is 0 Å². The van der Waals surface area contributed by atoms with Crippen LogP contribution in [0.15, 0.2) is 0 Å². The van der Waals surface area contributed by atoms with Crippen molar-refractivity contribution >= 4 is 27.7 Å². The molecule has 2 saturated heterocycles. The van der Waals surface area contributed by atoms with Gasteiger partial charge in [-0.2, -0.15) is 11.8 Å². The maximum absolute atomic E-state index is 12.6. The molecule has 122 valence electrons. The van der Waals surface area contributed by atoms with Crippen molar-refractivity contribution < 1.29 is 13.2 Å². The van der Waals surface area contributed by atoms with Crippen molar-refractivity contribution in [2.24, 2.45) is 0 Å². The molecule has 2 fully saturated rings. The number of carbonyl (C=O) groups excluding carboxylic acids is 1. The minimum atomic E-state index is -3.15. The highest BCUT2D eigenvalue weighted by Gasteiger charge is 2.32. The van der Waals surface area contributed by atoms with Crippen LogP contribution < -0.4 is 10.0 Å². The summed E-state index contributed by atoms with van der Waals surface area (Å²) in [6, 6.07) is 0.0847. The largest absolute Gasteiger partial charge is 0.338 e. The number of carbonyl (C=O) groups is 1. The van der Waals surface area contributed by atoms with Gasteiger partial charge in [-0.3, -0.25) is 4.79 Å². The van der Waals surface area contributed by atoms with Crippen molar-refractivity contribution in [3.63, 3.8) is 0 Å². The zero-order valence-electron chi connectivity index (χ0n) is 12.5. The molecule has 2 unspecified atom stereocenters. The van der Waals surface area contributed by atoms with Gasteiger partial charge in [0.1, 0.15) is 0 Å². The van der Waals surface area contributed by atoms with E-state index in [2.05, 4.69) is 10.0 Å². The minimum Gasteiger partial charge on any atom is -0.338 e. The Morgan fingerprint density at radius 2 is 2.24 bits per heavy atom. The van der Waals surface area contributed by atoms with E-state index >= 15 is 0 Å². The Kier molecular flexibility index (Phi) is 6.34. The second kappa shape index (κ2) is 7.80. The van der Waals surface area contributed by atoms with E-state index in [1.54, 1.807) is 0 Å². The van der Waals surface area contributed by atoms with Crippen LogP contribution in [0.2, 0.25) is 0 Å². The predicted molar refractivity (Wildman–Crippen MR) is 85.9 cm³/mol. The van der Waals surface area contributed by atoms with E-state index < -0.39 is 10.0 Å². The van der Waals surface area contributed by atoms with Crippen molar-refractivity contribution in [2.45, 2.75) is 37.8 Å². The first-order valence-electron chi connectivity index (χ1n) is 7.53. The average Bonchev–Trinajstić information content (AvgIpc) is 2.47. The van der Waals surface area contributed by atoms with Crippen LogP contribution in [0.25, 0.3) is 0 Å². The lowest BCUT2D eigenvalue weighted by atomic mass is 9.98. The smallest absolute Gasteiger partial charge is 0.240 e. The highest BCUT2D eigenvalue weighted by molar-refractivity contribution is 7.99. The molecule has 0 radical (unpaired) electrons. The standard InChI is InChI=1S/C13H25N3O3S2/c1-21(18,19)15-6-5-11-4-2-3-8-16(11)13(17)12-10-20-9-7-14-12/h11-12,14-15H,2-10H2,1H3. The number of sulfonamides is 1. The average molecular weight is 335 g/mol. The van der Waals surface area contributed by atoms with Gasteiger partial charge in [-0.15, -0.1) is 0 Å². The number of nitrogens with one attached hydrogen (secondary N) is 2. The molecule has 1 amide bonds. The van der Waals surface area contributed by atoms with E-state index in [1.165, 1.54) is 6.26 Å². The molecule has 0 aliphatic carbocycles. The molecule has 6 nitrogen and oxygen atoms in total. The first kappa shape index (κ1) is 17.1. The number of likely N-dealkylation sites (tertiary alicyclic amines) is 1. The number of piperidine rings is 1. The molecule has 0 spiro atoms. The molecular formula is C13H25N3O3S2. The van der Waals surface area contributed by atoms with Gasteiger partial charge < -0.3 is 10.2 Å². The van der Waals surface area contributed by atoms with E-state index in [4.69, 9.17) is 0 Å². The lowest BCUT2D eigenvalue weighted by Crippen LogP contribution is -2.55. The van der Waals surface area contributed by atoms with Crippen molar-refractivity contribution in [2.75, 3.05) is 37.4 Å². The molecule has 21 heavy (non-hydrogen) atoms. The quantitative estimate of drug-likeness (QED) is 0.740. The summed E-state index contributed by atoms with van der Waals surface area (Å²) in [7, 11) is -3.15. The number of rotatable bonds is 5. The van der Waals surface area contributed by atoms with Crippen LogP contribution >= 0.6 is 11.8 Å². The molecule has 0 aromatic heterocycles. The van der Waals surface area contributed by atoms with Gasteiger partial charge in [0.2, 0.25) is 15.9 Å². The van der Waals surface area contributed by atoms with Crippen LogP contribution in [-0.4, -0.2) is 68.7 Å². The molecule has 2 atom stereocenters. The molecule has 2 rings (SSSR count). The summed E-state index contributed by atoms with van der Waals surface area (Å²) in [4.78, 5) is 14.6. The van der Waals surface area contributed by atoms with Gasteiger partial charge >= 0.3 is 0 Å². The monoisotopic (exact) mass is 335 g/mol. The fraction of sp³-hybridized carbons (Fsp3) is 0.923. The van der Waals surface area contributed by atoms with Gasteiger partial charge in [0, 0.05) is 37.2 Å². The Balaban J connectivity index is 1.89. The number of hydrogen-bond donors (Lipinski definition) is 2. The third-order valence-corrected chi connectivity index (χ3v) is 5.76. The molecule has 2 N–H and O–H groups in total. The molecule has 2 aliphatic heterocycles. The van der Waals surface area contributed by atoms with E-state index in [1.807, 2.05) is 16.7 Å². The van der Waals surface area contributed by atoms with Crippen LogP contribution in [-0.2, 0) is 14.8 Å². The third kappa shape index (κ3) is 5.43. The molecular weight excluding hydrogens is 310 g/mol. The molecule has 2 aliphatic rings. The fourth-order valence-corrected chi connectivity index (χ4v) is 4.34. The molecule has 2 heterocycles. The zero-order chi connectivity index (χ0) is 15.3. The maximum Gasteiger partial charge on any atom is 0.240 e. The van der Waals surface area contributed by atoms with E-state index in [0.29, 0.717) is 13.0 Å². The summed E-state index contributed by atoms with van der Waals surface area (Å²) in [5.41, 5.74) is 0. The summed E-state index contributed by atoms with van der Waals surface area (Å²) in [5.74, 6) is 2.08. The molecule has 0 aromatic carbocycles. The number of thioether (sulfide) groups is 1. The second-order valence-electron chi connectivity index (χ2n) is 5.72. The fourth-order valence-electron chi connectivity index (χ4n) is 2.93. The number of amides is 1. The highest BCUT2D eigenvalue weighted by atomic mass is 32.2. The number of nitrogens with zero attached hydrogens (tertiary/aromatic N) is 1. The first-order valence-corrected chi connectivity index (χ1v) is 10.6. The Hall–Kier alpha value is -0.310. The van der Waals surface area contributed by atoms with E-state index in [0.717, 1.165) is 43.9 Å². The van der Waals surface area contributed by atoms with Gasteiger partial charge in [0.15, 0.2) is 0 Å². The van der Waals surface area contributed by atoms with Gasteiger partial charge in [0.25, 0.3) is 0 Å². The summed E-state index contributed by atoms with van der Waals surface area (Å²) in [5, 5.41) is 3.29. The van der Waals surface area contributed by atoms with Crippen molar-refractivity contribution in [1.29, 1.82) is 0 Å². The third-order valence-electron chi connectivity index (χ3n) is 3.97. The molecule has 0 aromatic rings. The zero-order valence-corrected chi connectivity index (χ0v) is 14.1. The SMILES string of the molecule is CS(=O)(=O)NCCC1CCCCN1C(=O)C1CSCCN1. The van der Waals surface area contributed by atoms with Gasteiger partial charge in [-0.1, -0.05) is 0 Å². The Bertz CT molecular complexity index is 450. The molecule has 0 saturated carbocycles. The van der Waals surface area contributed by atoms with Crippen LogP contribution in [0.4, 0.5) is 0 Å². The Morgan fingerprint density at radius 1 is 1.43 bits per heavy atom. The number of hydrogen-bond acceptors (Lipinski definition) is 5. The Morgan fingerprint density at radius 3 is 2.90 bits per heavy atom. The van der Waals surface area contributed by atoms with Crippen LogP contribution in [0.5, 0.6) is 0 Å². The van der Waals surface area contributed by atoms with Gasteiger partial charge in [-0.05, 0) is 25.7 Å². The van der Waals surface area contributed by atoms with Crippen molar-refractivity contribution in [1.82, 2.24) is 14.9 Å². The van der Waals surface area contributed by atoms with E-state index in [9.17, 15) is 13.2 Å². The topological polar surface area (TPSA) is 78.5 Å². The van der Waals surface area contributed by atoms with Crippen molar-refractivity contribution in [3.05, 3.63) is 0 Å². The summed E-state index contributed by atoms with van der Waals surface area (Å²) >= 11 is 1.82.